The summed E-state index contributed by atoms with van der Waals surface area (Å²) in [5.74, 6) is -0.0420. The second-order valence-electron chi connectivity index (χ2n) is 6.27. The van der Waals surface area contributed by atoms with E-state index >= 15 is 0 Å². The number of hydrogen-bond acceptors (Lipinski definition) is 2. The molecule has 1 aliphatic carbocycles. The fourth-order valence-corrected chi connectivity index (χ4v) is 3.33. The van der Waals surface area contributed by atoms with E-state index in [4.69, 9.17) is 0 Å². The summed E-state index contributed by atoms with van der Waals surface area (Å²) in [7, 11) is 0. The first-order valence-corrected chi connectivity index (χ1v) is 8.28. The number of rotatable bonds is 4. The van der Waals surface area contributed by atoms with Gasteiger partial charge < -0.3 is 15.2 Å². The van der Waals surface area contributed by atoms with Crippen molar-refractivity contribution in [1.82, 2.24) is 9.88 Å². The van der Waals surface area contributed by atoms with Gasteiger partial charge in [-0.05, 0) is 31.0 Å². The SMILES string of the molecule is CC(=O)Nc1cccc2c1ccn2CC(=O)NC1CCCCC1. The third-order valence-corrected chi connectivity index (χ3v) is 4.41. The van der Waals surface area contributed by atoms with Crippen LogP contribution < -0.4 is 10.6 Å². The number of nitrogens with one attached hydrogen (secondary N) is 2. The molecule has 23 heavy (non-hydrogen) atoms. The molecular weight excluding hydrogens is 290 g/mol. The maximum atomic E-state index is 12.3. The van der Waals surface area contributed by atoms with Crippen LogP contribution in [0.2, 0.25) is 0 Å². The Kier molecular flexibility index (Phi) is 4.65. The lowest BCUT2D eigenvalue weighted by Gasteiger charge is -2.22. The molecule has 2 aromatic rings. The Labute approximate surface area is 136 Å². The highest BCUT2D eigenvalue weighted by atomic mass is 16.2. The van der Waals surface area contributed by atoms with Gasteiger partial charge in [-0.15, -0.1) is 0 Å². The molecule has 0 saturated heterocycles. The molecule has 0 unspecified atom stereocenters. The van der Waals surface area contributed by atoms with Gasteiger partial charge in [0.1, 0.15) is 6.54 Å². The smallest absolute Gasteiger partial charge is 0.240 e. The van der Waals surface area contributed by atoms with Crippen molar-refractivity contribution in [3.63, 3.8) is 0 Å². The first-order chi connectivity index (χ1) is 11.1. The Balaban J connectivity index is 1.72. The number of hydrogen-bond donors (Lipinski definition) is 2. The molecule has 1 saturated carbocycles. The quantitative estimate of drug-likeness (QED) is 0.911. The minimum Gasteiger partial charge on any atom is -0.352 e. The Hall–Kier alpha value is -2.30. The van der Waals surface area contributed by atoms with Gasteiger partial charge in [-0.25, -0.2) is 0 Å². The first kappa shape index (κ1) is 15.6. The van der Waals surface area contributed by atoms with Crippen LogP contribution in [-0.2, 0) is 16.1 Å². The number of carbonyl (C=O) groups is 2. The summed E-state index contributed by atoms with van der Waals surface area (Å²) in [6.45, 7) is 1.80. The average molecular weight is 313 g/mol. The van der Waals surface area contributed by atoms with Gasteiger partial charge in [0.2, 0.25) is 11.8 Å². The maximum absolute atomic E-state index is 12.3. The Morgan fingerprint density at radius 2 is 1.96 bits per heavy atom. The molecule has 0 atom stereocenters. The number of aromatic nitrogens is 1. The van der Waals surface area contributed by atoms with E-state index < -0.39 is 0 Å². The maximum Gasteiger partial charge on any atom is 0.240 e. The van der Waals surface area contributed by atoms with Crippen molar-refractivity contribution in [2.24, 2.45) is 0 Å². The van der Waals surface area contributed by atoms with Crippen molar-refractivity contribution in [3.05, 3.63) is 30.5 Å². The largest absolute Gasteiger partial charge is 0.352 e. The number of fused-ring (bicyclic) bond motifs is 1. The summed E-state index contributed by atoms with van der Waals surface area (Å²) in [4.78, 5) is 23.6. The summed E-state index contributed by atoms with van der Waals surface area (Å²) in [6.07, 6.45) is 7.77. The second kappa shape index (κ2) is 6.86. The standard InChI is InChI=1S/C18H23N3O2/c1-13(22)19-16-8-5-9-17-15(16)10-11-21(17)12-18(23)20-14-6-3-2-4-7-14/h5,8-11,14H,2-4,6-7,12H2,1H3,(H,19,22)(H,20,23). The van der Waals surface area contributed by atoms with Crippen molar-refractivity contribution < 1.29 is 9.59 Å². The molecule has 5 heteroatoms. The fourth-order valence-electron chi connectivity index (χ4n) is 3.33. The third-order valence-electron chi connectivity index (χ3n) is 4.41. The molecule has 2 amide bonds. The molecule has 122 valence electrons. The van der Waals surface area contributed by atoms with Crippen molar-refractivity contribution in [2.75, 3.05) is 5.32 Å². The Bertz CT molecular complexity index is 714. The zero-order valence-corrected chi connectivity index (χ0v) is 13.5. The van der Waals surface area contributed by atoms with E-state index in [1.54, 1.807) is 0 Å². The van der Waals surface area contributed by atoms with Crippen LogP contribution in [0.15, 0.2) is 30.5 Å². The van der Waals surface area contributed by atoms with E-state index in [0.29, 0.717) is 12.6 Å². The number of anilines is 1. The molecule has 3 rings (SSSR count). The summed E-state index contributed by atoms with van der Waals surface area (Å²) in [5.41, 5.74) is 1.73. The van der Waals surface area contributed by atoms with Crippen LogP contribution in [0.25, 0.3) is 10.9 Å². The number of benzene rings is 1. The average Bonchev–Trinajstić information content (AvgIpc) is 2.92. The molecule has 0 spiro atoms. The number of nitrogens with zero attached hydrogens (tertiary/aromatic N) is 1. The van der Waals surface area contributed by atoms with E-state index in [0.717, 1.165) is 29.4 Å². The van der Waals surface area contributed by atoms with E-state index in [-0.39, 0.29) is 11.8 Å². The van der Waals surface area contributed by atoms with Gasteiger partial charge in [0.25, 0.3) is 0 Å². The van der Waals surface area contributed by atoms with Gasteiger partial charge in [0.05, 0.1) is 11.2 Å². The second-order valence-corrected chi connectivity index (χ2v) is 6.27. The van der Waals surface area contributed by atoms with Crippen molar-refractivity contribution in [3.8, 4) is 0 Å². The molecule has 0 bridgehead atoms. The van der Waals surface area contributed by atoms with E-state index in [1.807, 2.05) is 35.0 Å². The zero-order chi connectivity index (χ0) is 16.2. The number of carbonyl (C=O) groups excluding carboxylic acids is 2. The van der Waals surface area contributed by atoms with Crippen molar-refractivity contribution in [1.29, 1.82) is 0 Å². The van der Waals surface area contributed by atoms with Crippen LogP contribution in [0.4, 0.5) is 5.69 Å². The van der Waals surface area contributed by atoms with Gasteiger partial charge in [0.15, 0.2) is 0 Å². The fraction of sp³-hybridized carbons (Fsp3) is 0.444. The summed E-state index contributed by atoms with van der Waals surface area (Å²) >= 11 is 0. The lowest BCUT2D eigenvalue weighted by molar-refractivity contribution is -0.122. The highest BCUT2D eigenvalue weighted by molar-refractivity contribution is 6.01. The Morgan fingerprint density at radius 1 is 1.17 bits per heavy atom. The summed E-state index contributed by atoms with van der Waals surface area (Å²) in [5, 5.41) is 6.92. The minimum atomic E-state index is -0.0970. The molecule has 5 nitrogen and oxygen atoms in total. The molecule has 1 heterocycles. The molecular formula is C18H23N3O2. The van der Waals surface area contributed by atoms with E-state index in [1.165, 1.54) is 26.2 Å². The van der Waals surface area contributed by atoms with Crippen LogP contribution in [-0.4, -0.2) is 22.4 Å². The van der Waals surface area contributed by atoms with Gasteiger partial charge in [-0.1, -0.05) is 25.3 Å². The van der Waals surface area contributed by atoms with Crippen LogP contribution in [0, 0.1) is 0 Å². The van der Waals surface area contributed by atoms with E-state index in [2.05, 4.69) is 10.6 Å². The lowest BCUT2D eigenvalue weighted by atomic mass is 9.95. The summed E-state index contributed by atoms with van der Waals surface area (Å²) in [6, 6.07) is 8.00. The molecule has 1 aliphatic rings. The van der Waals surface area contributed by atoms with Crippen molar-refractivity contribution in [2.45, 2.75) is 51.6 Å². The molecule has 1 fully saturated rings. The Morgan fingerprint density at radius 3 is 2.70 bits per heavy atom. The zero-order valence-electron chi connectivity index (χ0n) is 13.5. The predicted molar refractivity (Wildman–Crippen MR) is 91.3 cm³/mol. The van der Waals surface area contributed by atoms with Crippen molar-refractivity contribution >= 4 is 28.4 Å². The van der Waals surface area contributed by atoms with Crippen LogP contribution in [0.1, 0.15) is 39.0 Å². The minimum absolute atomic E-state index is 0.0549. The van der Waals surface area contributed by atoms with Gasteiger partial charge in [-0.3, -0.25) is 9.59 Å². The molecule has 0 radical (unpaired) electrons. The third kappa shape index (κ3) is 3.73. The predicted octanol–water partition coefficient (Wildman–Crippen LogP) is 3.05. The normalized spacial score (nSPS) is 15.5. The van der Waals surface area contributed by atoms with Crippen LogP contribution in [0.5, 0.6) is 0 Å². The molecule has 2 N–H and O–H groups in total. The van der Waals surface area contributed by atoms with Gasteiger partial charge in [0, 0.05) is 24.5 Å². The monoisotopic (exact) mass is 313 g/mol. The first-order valence-electron chi connectivity index (χ1n) is 8.28. The summed E-state index contributed by atoms with van der Waals surface area (Å²) < 4.78 is 1.93. The van der Waals surface area contributed by atoms with Gasteiger partial charge >= 0.3 is 0 Å². The molecule has 1 aromatic carbocycles. The lowest BCUT2D eigenvalue weighted by Crippen LogP contribution is -2.38. The number of amides is 2. The molecule has 1 aromatic heterocycles. The van der Waals surface area contributed by atoms with E-state index in [9.17, 15) is 9.59 Å². The highest BCUT2D eigenvalue weighted by Gasteiger charge is 2.16. The molecule has 0 aliphatic heterocycles. The topological polar surface area (TPSA) is 63.1 Å². The van der Waals surface area contributed by atoms with Crippen LogP contribution in [0.3, 0.4) is 0 Å². The van der Waals surface area contributed by atoms with Gasteiger partial charge in [-0.2, -0.15) is 0 Å². The highest BCUT2D eigenvalue weighted by Crippen LogP contribution is 2.24. The van der Waals surface area contributed by atoms with Crippen LogP contribution >= 0.6 is 0 Å².